The Bertz CT molecular complexity index is 311. The highest BCUT2D eigenvalue weighted by Gasteiger charge is 2.37. The number of carbonyl (C=O) groups excluding carboxylic acids is 1. The van der Waals surface area contributed by atoms with Gasteiger partial charge in [0.25, 0.3) is 0 Å². The standard InChI is InChI=1S/C14H25NO4/c1-11(4-7-16)10-15-12(17)8-14(9-13(18)19)5-2-3-6-14/h11,16H,2-10H2,1H3,(H,15,17)(H,18,19). The quantitative estimate of drug-likeness (QED) is 0.625. The van der Waals surface area contributed by atoms with E-state index in [0.29, 0.717) is 19.4 Å². The summed E-state index contributed by atoms with van der Waals surface area (Å²) in [7, 11) is 0. The highest BCUT2D eigenvalue weighted by molar-refractivity contribution is 5.78. The molecule has 1 aliphatic rings. The third-order valence-corrected chi connectivity index (χ3v) is 4.00. The minimum atomic E-state index is -0.816. The summed E-state index contributed by atoms with van der Waals surface area (Å²) in [6.45, 7) is 2.64. The number of carbonyl (C=O) groups is 2. The van der Waals surface area contributed by atoms with E-state index in [9.17, 15) is 9.59 Å². The number of hydrogen-bond acceptors (Lipinski definition) is 3. The minimum absolute atomic E-state index is 0.0621. The summed E-state index contributed by atoms with van der Waals surface area (Å²) < 4.78 is 0. The van der Waals surface area contributed by atoms with Crippen molar-refractivity contribution in [1.82, 2.24) is 5.32 Å². The number of nitrogens with one attached hydrogen (secondary N) is 1. The molecule has 0 spiro atoms. The van der Waals surface area contributed by atoms with E-state index >= 15 is 0 Å². The topological polar surface area (TPSA) is 86.6 Å². The fourth-order valence-corrected chi connectivity index (χ4v) is 2.88. The van der Waals surface area contributed by atoms with Crippen LogP contribution in [0.3, 0.4) is 0 Å². The molecule has 0 heterocycles. The molecule has 1 aliphatic carbocycles. The molecule has 1 fully saturated rings. The molecule has 0 aliphatic heterocycles. The molecule has 0 aromatic rings. The third kappa shape index (κ3) is 5.59. The number of hydrogen-bond donors (Lipinski definition) is 3. The number of amides is 1. The first-order chi connectivity index (χ1) is 8.97. The van der Waals surface area contributed by atoms with E-state index in [1.165, 1.54) is 0 Å². The SMILES string of the molecule is CC(CCO)CNC(=O)CC1(CC(=O)O)CCCC1. The number of carboxylic acids is 1. The fraction of sp³-hybridized carbons (Fsp3) is 0.857. The largest absolute Gasteiger partial charge is 0.481 e. The lowest BCUT2D eigenvalue weighted by Crippen LogP contribution is -2.34. The van der Waals surface area contributed by atoms with Crippen molar-refractivity contribution in [1.29, 1.82) is 0 Å². The van der Waals surface area contributed by atoms with Crippen LogP contribution in [-0.2, 0) is 9.59 Å². The summed E-state index contributed by atoms with van der Waals surface area (Å²) in [6, 6.07) is 0. The maximum Gasteiger partial charge on any atom is 0.303 e. The van der Waals surface area contributed by atoms with E-state index in [-0.39, 0.29) is 30.3 Å². The fourth-order valence-electron chi connectivity index (χ4n) is 2.88. The van der Waals surface area contributed by atoms with E-state index in [1.54, 1.807) is 0 Å². The first kappa shape index (κ1) is 16.0. The first-order valence-corrected chi connectivity index (χ1v) is 7.07. The Hall–Kier alpha value is -1.10. The van der Waals surface area contributed by atoms with Gasteiger partial charge < -0.3 is 15.5 Å². The summed E-state index contributed by atoms with van der Waals surface area (Å²) in [6.07, 6.45) is 4.76. The summed E-state index contributed by atoms with van der Waals surface area (Å²) in [4.78, 5) is 22.9. The van der Waals surface area contributed by atoms with Crippen molar-refractivity contribution in [2.24, 2.45) is 11.3 Å². The van der Waals surface area contributed by atoms with Gasteiger partial charge in [0.15, 0.2) is 0 Å². The van der Waals surface area contributed by atoms with Crippen LogP contribution in [0.2, 0.25) is 0 Å². The zero-order chi connectivity index (χ0) is 14.3. The molecular formula is C14H25NO4. The predicted molar refractivity (Wildman–Crippen MR) is 71.6 cm³/mol. The number of aliphatic hydroxyl groups is 1. The molecule has 0 bridgehead atoms. The monoisotopic (exact) mass is 271 g/mol. The highest BCUT2D eigenvalue weighted by atomic mass is 16.4. The third-order valence-electron chi connectivity index (χ3n) is 4.00. The van der Waals surface area contributed by atoms with Crippen LogP contribution in [0.1, 0.15) is 51.9 Å². The highest BCUT2D eigenvalue weighted by Crippen LogP contribution is 2.43. The Morgan fingerprint density at radius 2 is 1.89 bits per heavy atom. The Morgan fingerprint density at radius 1 is 1.26 bits per heavy atom. The van der Waals surface area contributed by atoms with Crippen molar-refractivity contribution in [2.45, 2.75) is 51.9 Å². The summed E-state index contributed by atoms with van der Waals surface area (Å²) in [5.74, 6) is -0.635. The molecule has 19 heavy (non-hydrogen) atoms. The van der Waals surface area contributed by atoms with E-state index in [4.69, 9.17) is 10.2 Å². The van der Waals surface area contributed by atoms with Gasteiger partial charge in [-0.3, -0.25) is 9.59 Å². The zero-order valence-corrected chi connectivity index (χ0v) is 11.7. The van der Waals surface area contributed by atoms with Crippen LogP contribution in [0, 0.1) is 11.3 Å². The van der Waals surface area contributed by atoms with Crippen LogP contribution in [0.4, 0.5) is 0 Å². The van der Waals surface area contributed by atoms with Gasteiger partial charge in [0.1, 0.15) is 0 Å². The molecule has 1 rings (SSSR count). The van der Waals surface area contributed by atoms with Crippen molar-refractivity contribution >= 4 is 11.9 Å². The number of rotatable bonds is 8. The van der Waals surface area contributed by atoms with Gasteiger partial charge in [-0.05, 0) is 30.6 Å². The molecule has 1 unspecified atom stereocenters. The van der Waals surface area contributed by atoms with E-state index < -0.39 is 5.97 Å². The number of carboxylic acid groups (broad SMARTS) is 1. The maximum absolute atomic E-state index is 11.9. The van der Waals surface area contributed by atoms with E-state index in [2.05, 4.69) is 5.32 Å². The minimum Gasteiger partial charge on any atom is -0.481 e. The van der Waals surface area contributed by atoms with Crippen LogP contribution in [-0.4, -0.2) is 35.2 Å². The lowest BCUT2D eigenvalue weighted by Gasteiger charge is -2.26. The summed E-state index contributed by atoms with van der Waals surface area (Å²) in [5, 5.41) is 20.6. The van der Waals surface area contributed by atoms with Crippen LogP contribution in [0.25, 0.3) is 0 Å². The Kier molecular flexibility index (Phi) is 6.28. The second-order valence-electron chi connectivity index (χ2n) is 5.88. The average molecular weight is 271 g/mol. The molecule has 5 nitrogen and oxygen atoms in total. The van der Waals surface area contributed by atoms with Gasteiger partial charge >= 0.3 is 5.97 Å². The Morgan fingerprint density at radius 3 is 2.42 bits per heavy atom. The van der Waals surface area contributed by atoms with E-state index in [1.807, 2.05) is 6.92 Å². The van der Waals surface area contributed by atoms with Crippen molar-refractivity contribution in [2.75, 3.05) is 13.2 Å². The second-order valence-corrected chi connectivity index (χ2v) is 5.88. The molecule has 0 radical (unpaired) electrons. The molecule has 0 saturated heterocycles. The lowest BCUT2D eigenvalue weighted by atomic mass is 9.79. The lowest BCUT2D eigenvalue weighted by molar-refractivity contribution is -0.140. The molecule has 1 atom stereocenters. The van der Waals surface area contributed by atoms with Crippen LogP contribution < -0.4 is 5.32 Å². The summed E-state index contributed by atoms with van der Waals surface area (Å²) in [5.41, 5.74) is -0.337. The Balaban J connectivity index is 2.41. The molecule has 1 amide bonds. The van der Waals surface area contributed by atoms with Crippen molar-refractivity contribution in [3.05, 3.63) is 0 Å². The van der Waals surface area contributed by atoms with Gasteiger partial charge in [-0.25, -0.2) is 0 Å². The second kappa shape index (κ2) is 7.48. The van der Waals surface area contributed by atoms with E-state index in [0.717, 1.165) is 25.7 Å². The molecule has 0 aromatic heterocycles. The van der Waals surface area contributed by atoms with Gasteiger partial charge in [0.05, 0.1) is 6.42 Å². The summed E-state index contributed by atoms with van der Waals surface area (Å²) >= 11 is 0. The number of aliphatic carboxylic acids is 1. The van der Waals surface area contributed by atoms with Crippen LogP contribution >= 0.6 is 0 Å². The van der Waals surface area contributed by atoms with Crippen molar-refractivity contribution < 1.29 is 19.8 Å². The molecule has 3 N–H and O–H groups in total. The van der Waals surface area contributed by atoms with Gasteiger partial charge in [0.2, 0.25) is 5.91 Å². The maximum atomic E-state index is 11.9. The van der Waals surface area contributed by atoms with Crippen molar-refractivity contribution in [3.8, 4) is 0 Å². The number of aliphatic hydroxyl groups excluding tert-OH is 1. The van der Waals surface area contributed by atoms with Gasteiger partial charge in [-0.2, -0.15) is 0 Å². The van der Waals surface area contributed by atoms with Gasteiger partial charge in [-0.1, -0.05) is 19.8 Å². The average Bonchev–Trinajstić information content (AvgIpc) is 2.74. The molecule has 1 saturated carbocycles. The normalized spacial score (nSPS) is 19.1. The molecular weight excluding hydrogens is 246 g/mol. The first-order valence-electron chi connectivity index (χ1n) is 7.07. The molecule has 0 aromatic carbocycles. The smallest absolute Gasteiger partial charge is 0.303 e. The van der Waals surface area contributed by atoms with Gasteiger partial charge in [-0.15, -0.1) is 0 Å². The van der Waals surface area contributed by atoms with Gasteiger partial charge in [0, 0.05) is 19.6 Å². The zero-order valence-electron chi connectivity index (χ0n) is 11.7. The van der Waals surface area contributed by atoms with Crippen LogP contribution in [0.15, 0.2) is 0 Å². The van der Waals surface area contributed by atoms with Crippen LogP contribution in [0.5, 0.6) is 0 Å². The Labute approximate surface area is 114 Å². The molecule has 110 valence electrons. The predicted octanol–water partition coefficient (Wildman–Crippen LogP) is 1.55. The van der Waals surface area contributed by atoms with Crippen molar-refractivity contribution in [3.63, 3.8) is 0 Å². The molecule has 5 heteroatoms.